The van der Waals surface area contributed by atoms with E-state index in [0.29, 0.717) is 0 Å². The van der Waals surface area contributed by atoms with Crippen LogP contribution in [0.1, 0.15) is 20.3 Å². The largest absolute Gasteiger partial charge is 0.453 e. The highest BCUT2D eigenvalue weighted by Gasteiger charge is 2.15. The normalized spacial score (nSPS) is 15.8. The molecule has 0 unspecified atom stereocenters. The van der Waals surface area contributed by atoms with Gasteiger partial charge in [-0.15, -0.1) is 0 Å². The van der Waals surface area contributed by atoms with Crippen LogP contribution in [-0.2, 0) is 4.74 Å². The van der Waals surface area contributed by atoms with E-state index in [1.54, 1.807) is 4.90 Å². The van der Waals surface area contributed by atoms with Crippen LogP contribution in [0, 0.1) is 0 Å². The van der Waals surface area contributed by atoms with Crippen molar-refractivity contribution in [3.8, 4) is 0 Å². The fourth-order valence-corrected chi connectivity index (χ4v) is 0.977. The third-order valence-electron chi connectivity index (χ3n) is 1.55. The van der Waals surface area contributed by atoms with E-state index in [-0.39, 0.29) is 6.09 Å². The molecule has 0 aliphatic carbocycles. The van der Waals surface area contributed by atoms with Crippen molar-refractivity contribution in [2.75, 3.05) is 33.3 Å². The minimum absolute atomic E-state index is 0.221. The summed E-state index contributed by atoms with van der Waals surface area (Å²) in [5.74, 6) is 0. The molecule has 0 aromatic rings. The lowest BCUT2D eigenvalue weighted by Gasteiger charge is -2.25. The number of carbonyl (C=O) groups excluding carboxylic acids is 1. The van der Waals surface area contributed by atoms with Gasteiger partial charge in [-0.2, -0.15) is 0 Å². The molecule has 1 fully saturated rings. The predicted octanol–water partition coefficient (Wildman–Crippen LogP) is 1.07. The lowest BCUT2D eigenvalue weighted by atomic mass is 10.4. The second-order valence-electron chi connectivity index (χ2n) is 2.91. The number of piperazine rings is 1. The van der Waals surface area contributed by atoms with Gasteiger partial charge in [0, 0.05) is 26.2 Å². The maximum Gasteiger partial charge on any atom is 0.409 e. The molecule has 1 N–H and O–H groups in total. The Morgan fingerprint density at radius 3 is 2.23 bits per heavy atom. The van der Waals surface area contributed by atoms with Crippen molar-refractivity contribution in [1.82, 2.24) is 10.2 Å². The van der Waals surface area contributed by atoms with Gasteiger partial charge in [-0.25, -0.2) is 4.79 Å². The Labute approximate surface area is 80.2 Å². The summed E-state index contributed by atoms with van der Waals surface area (Å²) in [4.78, 5) is 12.5. The third kappa shape index (κ3) is 5.47. The Morgan fingerprint density at radius 2 is 1.85 bits per heavy atom. The molecule has 0 radical (unpaired) electrons. The Hall–Kier alpha value is -0.770. The molecule has 0 saturated carbocycles. The molecule has 0 atom stereocenters. The van der Waals surface area contributed by atoms with Gasteiger partial charge in [0.1, 0.15) is 0 Å². The molecule has 13 heavy (non-hydrogen) atoms. The fraction of sp³-hybridized carbons (Fsp3) is 0.889. The monoisotopic (exact) mass is 188 g/mol. The van der Waals surface area contributed by atoms with E-state index in [9.17, 15) is 4.79 Å². The van der Waals surface area contributed by atoms with Crippen LogP contribution >= 0.6 is 0 Å². The Balaban J connectivity index is 0.000000424. The van der Waals surface area contributed by atoms with Crippen LogP contribution in [0.15, 0.2) is 0 Å². The first-order valence-corrected chi connectivity index (χ1v) is 4.79. The Bertz CT molecular complexity index is 134. The van der Waals surface area contributed by atoms with Crippen LogP contribution in [0.4, 0.5) is 4.79 Å². The van der Waals surface area contributed by atoms with Crippen molar-refractivity contribution in [3.05, 3.63) is 0 Å². The molecular formula is C9H20N2O2. The van der Waals surface area contributed by atoms with Crippen LogP contribution in [0.25, 0.3) is 0 Å². The summed E-state index contributed by atoms with van der Waals surface area (Å²) in [6.45, 7) is 7.50. The van der Waals surface area contributed by atoms with Gasteiger partial charge in [0.05, 0.1) is 7.11 Å². The molecule has 1 rings (SSSR count). The lowest BCUT2D eigenvalue weighted by Crippen LogP contribution is -2.46. The Morgan fingerprint density at radius 1 is 1.38 bits per heavy atom. The second kappa shape index (κ2) is 7.86. The summed E-state index contributed by atoms with van der Waals surface area (Å²) in [6.07, 6.45) is 1.03. The number of ether oxygens (including phenoxy) is 1. The van der Waals surface area contributed by atoms with Crippen molar-refractivity contribution in [3.63, 3.8) is 0 Å². The molecule has 0 aromatic carbocycles. The standard InChI is InChI=1S/C6H12N2O2.C3H8/c1-10-6(9)8-4-2-7-3-5-8;1-3-2/h7H,2-5H2,1H3;3H2,1-2H3. The number of hydrogen-bond acceptors (Lipinski definition) is 3. The summed E-state index contributed by atoms with van der Waals surface area (Å²) in [5.41, 5.74) is 0. The zero-order valence-corrected chi connectivity index (χ0v) is 8.80. The smallest absolute Gasteiger partial charge is 0.409 e. The third-order valence-corrected chi connectivity index (χ3v) is 1.55. The van der Waals surface area contributed by atoms with Gasteiger partial charge >= 0.3 is 6.09 Å². The summed E-state index contributed by atoms with van der Waals surface area (Å²) in [6, 6.07) is 0. The lowest BCUT2D eigenvalue weighted by molar-refractivity contribution is 0.118. The minimum Gasteiger partial charge on any atom is -0.453 e. The van der Waals surface area contributed by atoms with Crippen molar-refractivity contribution < 1.29 is 9.53 Å². The molecule has 1 heterocycles. The van der Waals surface area contributed by atoms with Gasteiger partial charge in [0.2, 0.25) is 0 Å². The molecular weight excluding hydrogens is 168 g/mol. The molecule has 0 bridgehead atoms. The highest BCUT2D eigenvalue weighted by atomic mass is 16.5. The molecule has 1 saturated heterocycles. The molecule has 4 nitrogen and oxygen atoms in total. The zero-order chi connectivity index (χ0) is 10.1. The van der Waals surface area contributed by atoms with Crippen molar-refractivity contribution in [1.29, 1.82) is 0 Å². The summed E-state index contributed by atoms with van der Waals surface area (Å²) in [5, 5.41) is 3.14. The molecule has 0 spiro atoms. The molecule has 1 aliphatic rings. The van der Waals surface area contributed by atoms with Gasteiger partial charge < -0.3 is 15.0 Å². The van der Waals surface area contributed by atoms with Crippen LogP contribution in [-0.4, -0.2) is 44.3 Å². The highest BCUT2D eigenvalue weighted by molar-refractivity contribution is 5.67. The summed E-state index contributed by atoms with van der Waals surface area (Å²) in [7, 11) is 1.41. The van der Waals surface area contributed by atoms with Crippen LogP contribution in [0.3, 0.4) is 0 Å². The van der Waals surface area contributed by atoms with E-state index in [1.807, 2.05) is 0 Å². The van der Waals surface area contributed by atoms with Crippen molar-refractivity contribution in [2.24, 2.45) is 0 Å². The van der Waals surface area contributed by atoms with Gasteiger partial charge in [0.25, 0.3) is 0 Å². The van der Waals surface area contributed by atoms with Gasteiger partial charge in [-0.1, -0.05) is 20.3 Å². The summed E-state index contributed by atoms with van der Waals surface area (Å²) >= 11 is 0. The van der Waals surface area contributed by atoms with E-state index >= 15 is 0 Å². The number of amides is 1. The molecule has 0 aromatic heterocycles. The highest BCUT2D eigenvalue weighted by Crippen LogP contribution is 1.94. The van der Waals surface area contributed by atoms with Crippen LogP contribution < -0.4 is 5.32 Å². The minimum atomic E-state index is -0.221. The number of methoxy groups -OCH3 is 1. The van der Waals surface area contributed by atoms with Crippen LogP contribution in [0.2, 0.25) is 0 Å². The van der Waals surface area contributed by atoms with Crippen molar-refractivity contribution in [2.45, 2.75) is 20.3 Å². The maximum absolute atomic E-state index is 10.8. The average Bonchev–Trinajstić information content (AvgIpc) is 2.19. The van der Waals surface area contributed by atoms with Crippen molar-refractivity contribution >= 4 is 6.09 Å². The number of hydrogen-bond donors (Lipinski definition) is 1. The first kappa shape index (κ1) is 12.2. The quantitative estimate of drug-likeness (QED) is 0.618. The Kier molecular flexibility index (Phi) is 7.39. The first-order chi connectivity index (χ1) is 6.26. The van der Waals surface area contributed by atoms with E-state index in [2.05, 4.69) is 23.9 Å². The number of nitrogens with one attached hydrogen (secondary N) is 1. The molecule has 4 heteroatoms. The average molecular weight is 188 g/mol. The van der Waals surface area contributed by atoms with E-state index < -0.39 is 0 Å². The molecule has 1 aliphatic heterocycles. The molecule has 1 amide bonds. The second-order valence-corrected chi connectivity index (χ2v) is 2.91. The van der Waals surface area contributed by atoms with E-state index in [0.717, 1.165) is 26.2 Å². The van der Waals surface area contributed by atoms with Gasteiger partial charge in [0.15, 0.2) is 0 Å². The first-order valence-electron chi connectivity index (χ1n) is 4.79. The predicted molar refractivity (Wildman–Crippen MR) is 52.8 cm³/mol. The van der Waals surface area contributed by atoms with E-state index in [4.69, 9.17) is 0 Å². The number of carbonyl (C=O) groups is 1. The maximum atomic E-state index is 10.8. The number of nitrogens with zero attached hydrogens (tertiary/aromatic N) is 1. The molecule has 78 valence electrons. The van der Waals surface area contributed by atoms with Gasteiger partial charge in [-0.3, -0.25) is 0 Å². The fourth-order valence-electron chi connectivity index (χ4n) is 0.977. The summed E-state index contributed by atoms with van der Waals surface area (Å²) < 4.78 is 4.55. The SMILES string of the molecule is CCC.COC(=O)N1CCNCC1. The van der Waals surface area contributed by atoms with Crippen LogP contribution in [0.5, 0.6) is 0 Å². The topological polar surface area (TPSA) is 41.6 Å². The van der Waals surface area contributed by atoms with E-state index in [1.165, 1.54) is 13.5 Å². The number of rotatable bonds is 0. The zero-order valence-electron chi connectivity index (χ0n) is 8.80. The van der Waals surface area contributed by atoms with Gasteiger partial charge in [-0.05, 0) is 0 Å².